The van der Waals surface area contributed by atoms with Gasteiger partial charge in [-0.15, -0.1) is 0 Å². The first-order valence-corrected chi connectivity index (χ1v) is 10.8. The van der Waals surface area contributed by atoms with Crippen LogP contribution in [0, 0.1) is 29.6 Å². The Morgan fingerprint density at radius 3 is 2.31 bits per heavy atom. The molecule has 2 heteroatoms. The molecule has 1 saturated carbocycles. The molecule has 8 atom stereocenters. The van der Waals surface area contributed by atoms with E-state index in [-0.39, 0.29) is 5.54 Å². The molecule has 1 heterocycles. The van der Waals surface area contributed by atoms with E-state index in [1.807, 2.05) is 0 Å². The second-order valence-corrected chi connectivity index (χ2v) is 9.97. The zero-order valence-electron chi connectivity index (χ0n) is 18.1. The lowest BCUT2D eigenvalue weighted by Gasteiger charge is -2.49. The molecular formula is C24H38N2. The lowest BCUT2D eigenvalue weighted by atomic mass is 9.74. The van der Waals surface area contributed by atoms with E-state index in [4.69, 9.17) is 0 Å². The molecule has 4 aliphatic rings. The number of hydrogen-bond acceptors (Lipinski definition) is 2. The Hall–Kier alpha value is -0.860. The summed E-state index contributed by atoms with van der Waals surface area (Å²) in [5.74, 6) is 4.03. The summed E-state index contributed by atoms with van der Waals surface area (Å²) in [6, 6.07) is 0.630. The van der Waals surface area contributed by atoms with Crippen molar-refractivity contribution in [2.75, 3.05) is 13.1 Å². The molecule has 0 spiro atoms. The molecule has 8 unspecified atom stereocenters. The Morgan fingerprint density at radius 1 is 0.962 bits per heavy atom. The number of rotatable bonds is 2. The van der Waals surface area contributed by atoms with Gasteiger partial charge in [0.25, 0.3) is 0 Å². The third kappa shape index (κ3) is 2.44. The smallest absolute Gasteiger partial charge is 0.0607 e. The highest BCUT2D eigenvalue weighted by Crippen LogP contribution is 2.57. The van der Waals surface area contributed by atoms with Crippen molar-refractivity contribution in [3.63, 3.8) is 0 Å². The molecule has 0 radical (unpaired) electrons. The molecule has 0 bridgehead atoms. The van der Waals surface area contributed by atoms with Crippen LogP contribution in [0.3, 0.4) is 0 Å². The second kappa shape index (κ2) is 6.07. The summed E-state index contributed by atoms with van der Waals surface area (Å²) < 4.78 is 0. The van der Waals surface area contributed by atoms with Gasteiger partial charge in [0.1, 0.15) is 0 Å². The van der Waals surface area contributed by atoms with E-state index in [1.54, 1.807) is 5.57 Å². The highest BCUT2D eigenvalue weighted by molar-refractivity contribution is 5.36. The predicted molar refractivity (Wildman–Crippen MR) is 111 cm³/mol. The zero-order chi connectivity index (χ0) is 19.0. The van der Waals surface area contributed by atoms with Crippen LogP contribution in [0.4, 0.5) is 0 Å². The second-order valence-electron chi connectivity index (χ2n) is 9.97. The third-order valence-corrected chi connectivity index (χ3v) is 8.67. The van der Waals surface area contributed by atoms with Gasteiger partial charge in [0.15, 0.2) is 0 Å². The molecule has 0 amide bonds. The van der Waals surface area contributed by atoms with Crippen LogP contribution in [0.15, 0.2) is 34.9 Å². The zero-order valence-corrected chi connectivity index (χ0v) is 18.1. The Morgan fingerprint density at radius 2 is 1.65 bits per heavy atom. The van der Waals surface area contributed by atoms with Gasteiger partial charge < -0.3 is 0 Å². The van der Waals surface area contributed by atoms with Crippen LogP contribution in [0.25, 0.3) is 0 Å². The molecule has 144 valence electrons. The van der Waals surface area contributed by atoms with Gasteiger partial charge in [-0.3, -0.25) is 9.80 Å². The summed E-state index contributed by atoms with van der Waals surface area (Å²) in [5, 5.41) is 0. The van der Waals surface area contributed by atoms with Crippen molar-refractivity contribution < 1.29 is 0 Å². The van der Waals surface area contributed by atoms with Crippen LogP contribution in [-0.4, -0.2) is 40.6 Å². The molecule has 0 aromatic carbocycles. The van der Waals surface area contributed by atoms with Crippen LogP contribution in [0.2, 0.25) is 0 Å². The van der Waals surface area contributed by atoms with Crippen molar-refractivity contribution >= 4 is 0 Å². The van der Waals surface area contributed by atoms with E-state index in [1.165, 1.54) is 24.2 Å². The minimum Gasteiger partial charge on any atom is -0.280 e. The molecule has 2 fully saturated rings. The third-order valence-electron chi connectivity index (χ3n) is 8.67. The van der Waals surface area contributed by atoms with E-state index < -0.39 is 0 Å². The average molecular weight is 355 g/mol. The van der Waals surface area contributed by atoms with E-state index in [2.05, 4.69) is 83.4 Å². The molecule has 3 aliphatic carbocycles. The molecule has 0 aromatic rings. The largest absolute Gasteiger partial charge is 0.280 e. The molecule has 0 aromatic heterocycles. The van der Waals surface area contributed by atoms with Crippen molar-refractivity contribution in [2.24, 2.45) is 29.6 Å². The van der Waals surface area contributed by atoms with Gasteiger partial charge in [-0.05, 0) is 64.2 Å². The fraction of sp³-hybridized carbons (Fsp3) is 0.750. The summed E-state index contributed by atoms with van der Waals surface area (Å²) in [6.07, 6.45) is 7.98. The fourth-order valence-corrected chi connectivity index (χ4v) is 6.92. The van der Waals surface area contributed by atoms with Crippen LogP contribution < -0.4 is 0 Å². The normalized spacial score (nSPS) is 49.4. The van der Waals surface area contributed by atoms with Crippen molar-refractivity contribution in [1.82, 2.24) is 9.80 Å². The van der Waals surface area contributed by atoms with Gasteiger partial charge >= 0.3 is 0 Å². The maximum absolute atomic E-state index is 2.81. The highest BCUT2D eigenvalue weighted by Gasteiger charge is 2.56. The maximum Gasteiger partial charge on any atom is 0.0607 e. The summed E-state index contributed by atoms with van der Waals surface area (Å²) in [4.78, 5) is 5.60. The Kier molecular flexibility index (Phi) is 4.32. The van der Waals surface area contributed by atoms with Crippen LogP contribution >= 0.6 is 0 Å². The molecule has 0 N–H and O–H groups in total. The minimum absolute atomic E-state index is 0.138. The summed E-state index contributed by atoms with van der Waals surface area (Å²) in [5.41, 5.74) is 4.71. The summed E-state index contributed by atoms with van der Waals surface area (Å²) in [6.45, 7) is 21.6. The first kappa shape index (κ1) is 18.5. The number of allylic oxidation sites excluding steroid dienone is 3. The van der Waals surface area contributed by atoms with Crippen molar-refractivity contribution in [1.29, 1.82) is 0 Å². The van der Waals surface area contributed by atoms with E-state index in [0.717, 1.165) is 23.7 Å². The van der Waals surface area contributed by atoms with Crippen LogP contribution in [-0.2, 0) is 0 Å². The Balaban J connectivity index is 1.59. The Bertz CT molecular complexity index is 686. The van der Waals surface area contributed by atoms with Crippen LogP contribution in [0.1, 0.15) is 55.4 Å². The lowest BCUT2D eigenvalue weighted by Crippen LogP contribution is -2.57. The van der Waals surface area contributed by atoms with Crippen molar-refractivity contribution in [3.8, 4) is 0 Å². The SMILES string of the molecule is CC1=CC(C)C(C)(N2CCN(C3C(C)=CC4C(C)C4C3C)C2C)C(C)=C1. The molecular weight excluding hydrogens is 316 g/mol. The maximum atomic E-state index is 2.81. The van der Waals surface area contributed by atoms with Crippen molar-refractivity contribution in [3.05, 3.63) is 34.9 Å². The van der Waals surface area contributed by atoms with Gasteiger partial charge in [0.2, 0.25) is 0 Å². The van der Waals surface area contributed by atoms with Crippen LogP contribution in [0.5, 0.6) is 0 Å². The topological polar surface area (TPSA) is 6.48 Å². The fourth-order valence-electron chi connectivity index (χ4n) is 6.92. The number of fused-ring (bicyclic) bond motifs is 1. The monoisotopic (exact) mass is 354 g/mol. The first-order valence-electron chi connectivity index (χ1n) is 10.8. The van der Waals surface area contributed by atoms with Gasteiger partial charge in [0, 0.05) is 24.7 Å². The van der Waals surface area contributed by atoms with Gasteiger partial charge in [-0.25, -0.2) is 0 Å². The average Bonchev–Trinajstić information content (AvgIpc) is 3.03. The summed E-state index contributed by atoms with van der Waals surface area (Å²) >= 11 is 0. The molecule has 1 saturated heterocycles. The van der Waals surface area contributed by atoms with Gasteiger partial charge in [-0.1, -0.05) is 55.7 Å². The standard InChI is InChI=1S/C24H38N2/c1-14-11-16(3)24(8,17(4)12-14)26-10-9-25(20(26)7)23-15(2)13-21-18(5)22(21)19(23)6/h11-13,16,18-23H,9-10H2,1-8H3. The van der Waals surface area contributed by atoms with Gasteiger partial charge in [-0.2, -0.15) is 0 Å². The van der Waals surface area contributed by atoms with Crippen molar-refractivity contribution in [2.45, 2.75) is 73.1 Å². The quantitative estimate of drug-likeness (QED) is 0.637. The van der Waals surface area contributed by atoms with E-state index in [0.29, 0.717) is 18.1 Å². The molecule has 26 heavy (non-hydrogen) atoms. The molecule has 4 rings (SSSR count). The molecule has 2 nitrogen and oxygen atoms in total. The molecule has 1 aliphatic heterocycles. The predicted octanol–water partition coefficient (Wildman–Crippen LogP) is 5.10. The first-order chi connectivity index (χ1) is 12.2. The lowest BCUT2D eigenvalue weighted by molar-refractivity contribution is 0.0268. The summed E-state index contributed by atoms with van der Waals surface area (Å²) in [7, 11) is 0. The van der Waals surface area contributed by atoms with E-state index >= 15 is 0 Å². The van der Waals surface area contributed by atoms with E-state index in [9.17, 15) is 0 Å². The Labute approximate surface area is 161 Å². The van der Waals surface area contributed by atoms with Gasteiger partial charge in [0.05, 0.1) is 6.17 Å². The number of hydrogen-bond donors (Lipinski definition) is 0. The minimum atomic E-state index is 0.138. The highest BCUT2D eigenvalue weighted by atomic mass is 15.4. The number of nitrogens with zero attached hydrogens (tertiary/aromatic N) is 2.